The molecule has 21 heavy (non-hydrogen) atoms. The Bertz CT molecular complexity index is 530. The Hall–Kier alpha value is -1.60. The third-order valence-corrected chi connectivity index (χ3v) is 3.73. The summed E-state index contributed by atoms with van der Waals surface area (Å²) >= 11 is 3.41. The summed E-state index contributed by atoms with van der Waals surface area (Å²) < 4.78 is 0.867. The zero-order chi connectivity index (χ0) is 15.4. The van der Waals surface area contributed by atoms with Gasteiger partial charge in [-0.3, -0.25) is 9.59 Å². The molecule has 0 bridgehead atoms. The Balaban J connectivity index is 2.23. The number of hydrogen-bond donors (Lipinski definition) is 3. The first-order valence-electron chi connectivity index (χ1n) is 6.79. The zero-order valence-corrected chi connectivity index (χ0v) is 13.2. The number of carbonyl (C=O) groups excluding carboxylic acids is 2. The lowest BCUT2D eigenvalue weighted by Crippen LogP contribution is -2.40. The van der Waals surface area contributed by atoms with Crippen LogP contribution in [0.3, 0.4) is 0 Å². The van der Waals surface area contributed by atoms with E-state index in [1.165, 1.54) is 12.8 Å². The molecule has 1 saturated carbocycles. The predicted molar refractivity (Wildman–Crippen MR) is 84.6 cm³/mol. The molecule has 0 radical (unpaired) electrons. The van der Waals surface area contributed by atoms with Crippen molar-refractivity contribution in [3.63, 3.8) is 0 Å². The number of primary amides is 2. The largest absolute Gasteiger partial charge is 0.368 e. The Morgan fingerprint density at radius 2 is 1.86 bits per heavy atom. The zero-order valence-electron chi connectivity index (χ0n) is 11.6. The quantitative estimate of drug-likeness (QED) is 0.631. The first kappa shape index (κ1) is 15.8. The Labute approximate surface area is 132 Å². The summed E-state index contributed by atoms with van der Waals surface area (Å²) in [7, 11) is 0. The van der Waals surface area contributed by atoms with Crippen molar-refractivity contribution < 1.29 is 9.59 Å². The van der Waals surface area contributed by atoms with Crippen LogP contribution in [0.1, 0.15) is 18.4 Å². The van der Waals surface area contributed by atoms with Crippen molar-refractivity contribution in [2.45, 2.75) is 25.4 Å². The molecule has 0 aromatic heterocycles. The molecule has 114 valence electrons. The lowest BCUT2D eigenvalue weighted by atomic mass is 10.1. The molecule has 2 amide bonds. The van der Waals surface area contributed by atoms with Crippen molar-refractivity contribution in [1.29, 1.82) is 0 Å². The van der Waals surface area contributed by atoms with Gasteiger partial charge in [0.05, 0.1) is 13.1 Å². The van der Waals surface area contributed by atoms with Crippen LogP contribution in [0.25, 0.3) is 0 Å². The average Bonchev–Trinajstić information content (AvgIpc) is 3.19. The van der Waals surface area contributed by atoms with Gasteiger partial charge in [-0.05, 0) is 30.5 Å². The fourth-order valence-corrected chi connectivity index (χ4v) is 2.47. The second-order valence-corrected chi connectivity index (χ2v) is 6.13. The van der Waals surface area contributed by atoms with Gasteiger partial charge in [0, 0.05) is 22.7 Å². The van der Waals surface area contributed by atoms with E-state index in [4.69, 9.17) is 11.5 Å². The van der Waals surface area contributed by atoms with E-state index in [0.717, 1.165) is 15.7 Å². The maximum absolute atomic E-state index is 11.2. The molecule has 6 nitrogen and oxygen atoms in total. The van der Waals surface area contributed by atoms with E-state index >= 15 is 0 Å². The fourth-order valence-electron chi connectivity index (χ4n) is 2.13. The second-order valence-electron chi connectivity index (χ2n) is 5.22. The molecule has 0 unspecified atom stereocenters. The van der Waals surface area contributed by atoms with Crippen molar-refractivity contribution in [3.05, 3.63) is 28.2 Å². The molecule has 1 aromatic rings. The highest BCUT2D eigenvalue weighted by molar-refractivity contribution is 9.10. The number of nitrogens with two attached hydrogens (primary N) is 2. The first-order chi connectivity index (χ1) is 9.95. The maximum Gasteiger partial charge on any atom is 0.236 e. The molecule has 1 fully saturated rings. The Kier molecular flexibility index (Phi) is 5.19. The van der Waals surface area contributed by atoms with E-state index in [9.17, 15) is 9.59 Å². The monoisotopic (exact) mass is 354 g/mol. The van der Waals surface area contributed by atoms with E-state index in [1.54, 1.807) is 4.90 Å². The van der Waals surface area contributed by atoms with Gasteiger partial charge in [-0.1, -0.05) is 22.0 Å². The molecule has 7 heteroatoms. The van der Waals surface area contributed by atoms with Crippen molar-refractivity contribution in [1.82, 2.24) is 5.32 Å². The maximum atomic E-state index is 11.2. The van der Waals surface area contributed by atoms with Gasteiger partial charge in [0.25, 0.3) is 0 Å². The molecule has 1 aromatic carbocycles. The van der Waals surface area contributed by atoms with Gasteiger partial charge in [0.2, 0.25) is 11.8 Å². The number of halogens is 1. The molecule has 2 rings (SSSR count). The summed E-state index contributed by atoms with van der Waals surface area (Å²) in [5.74, 6) is -1.00. The van der Waals surface area contributed by atoms with E-state index in [2.05, 4.69) is 21.2 Å². The van der Waals surface area contributed by atoms with Crippen LogP contribution in [-0.2, 0) is 16.1 Å². The van der Waals surface area contributed by atoms with Crippen molar-refractivity contribution in [2.75, 3.05) is 18.0 Å². The number of carbonyl (C=O) groups is 2. The van der Waals surface area contributed by atoms with Crippen LogP contribution in [0.2, 0.25) is 0 Å². The normalized spacial score (nSPS) is 14.0. The summed E-state index contributed by atoms with van der Waals surface area (Å²) in [5, 5.41) is 3.42. The van der Waals surface area contributed by atoms with Gasteiger partial charge in [0.1, 0.15) is 0 Å². The number of hydrogen-bond acceptors (Lipinski definition) is 4. The SMILES string of the molecule is NC(=O)CN(CC(N)=O)c1cc(Br)ccc1CNC1CC1. The smallest absolute Gasteiger partial charge is 0.236 e. The van der Waals surface area contributed by atoms with E-state index in [0.29, 0.717) is 12.6 Å². The Morgan fingerprint density at radius 3 is 2.38 bits per heavy atom. The highest BCUT2D eigenvalue weighted by Crippen LogP contribution is 2.27. The summed E-state index contributed by atoms with van der Waals surface area (Å²) in [6, 6.07) is 6.34. The van der Waals surface area contributed by atoms with Gasteiger partial charge < -0.3 is 21.7 Å². The molecule has 1 aliphatic carbocycles. The average molecular weight is 355 g/mol. The number of amides is 2. The van der Waals surface area contributed by atoms with Crippen LogP contribution < -0.4 is 21.7 Å². The Morgan fingerprint density at radius 1 is 1.24 bits per heavy atom. The van der Waals surface area contributed by atoms with Crippen LogP contribution in [-0.4, -0.2) is 30.9 Å². The van der Waals surface area contributed by atoms with Crippen LogP contribution >= 0.6 is 15.9 Å². The van der Waals surface area contributed by atoms with Gasteiger partial charge in [0.15, 0.2) is 0 Å². The summed E-state index contributed by atoms with van der Waals surface area (Å²) in [5.41, 5.74) is 12.3. The van der Waals surface area contributed by atoms with E-state index < -0.39 is 11.8 Å². The standard InChI is InChI=1S/C14H19BrN4O2/c15-10-2-1-9(6-18-11-3-4-11)12(5-10)19(7-13(16)20)8-14(17)21/h1-2,5,11,18H,3-4,6-8H2,(H2,16,20)(H2,17,21). The first-order valence-corrected chi connectivity index (χ1v) is 7.58. The number of nitrogens with zero attached hydrogens (tertiary/aromatic N) is 1. The van der Waals surface area contributed by atoms with Crippen LogP contribution in [0.15, 0.2) is 22.7 Å². The van der Waals surface area contributed by atoms with Crippen molar-refractivity contribution >= 4 is 33.4 Å². The predicted octanol–water partition coefficient (Wildman–Crippen LogP) is 0.478. The minimum absolute atomic E-state index is 0.0458. The van der Waals surface area contributed by atoms with Crippen molar-refractivity contribution in [3.8, 4) is 0 Å². The number of benzene rings is 1. The van der Waals surface area contributed by atoms with Crippen LogP contribution in [0, 0.1) is 0 Å². The molecule has 0 spiro atoms. The summed E-state index contributed by atoms with van der Waals surface area (Å²) in [6.07, 6.45) is 2.39. The fraction of sp³-hybridized carbons (Fsp3) is 0.429. The lowest BCUT2D eigenvalue weighted by molar-refractivity contribution is -0.117. The lowest BCUT2D eigenvalue weighted by Gasteiger charge is -2.25. The van der Waals surface area contributed by atoms with E-state index in [1.807, 2.05) is 18.2 Å². The second kappa shape index (κ2) is 6.91. The highest BCUT2D eigenvalue weighted by atomic mass is 79.9. The van der Waals surface area contributed by atoms with Gasteiger partial charge in [-0.25, -0.2) is 0 Å². The molecule has 0 saturated heterocycles. The minimum Gasteiger partial charge on any atom is -0.368 e. The van der Waals surface area contributed by atoms with E-state index in [-0.39, 0.29) is 13.1 Å². The van der Waals surface area contributed by atoms with Gasteiger partial charge in [-0.2, -0.15) is 0 Å². The minimum atomic E-state index is -0.502. The summed E-state index contributed by atoms with van der Waals surface area (Å²) in [6.45, 7) is 0.590. The summed E-state index contributed by atoms with van der Waals surface area (Å²) in [4.78, 5) is 24.1. The molecule has 0 heterocycles. The molecule has 1 aliphatic rings. The number of rotatable bonds is 8. The number of anilines is 1. The molecular formula is C14H19BrN4O2. The third kappa shape index (κ3) is 5.02. The highest BCUT2D eigenvalue weighted by Gasteiger charge is 2.22. The van der Waals surface area contributed by atoms with Gasteiger partial charge >= 0.3 is 0 Å². The van der Waals surface area contributed by atoms with Crippen molar-refractivity contribution in [2.24, 2.45) is 11.5 Å². The third-order valence-electron chi connectivity index (χ3n) is 3.24. The van der Waals surface area contributed by atoms with Crippen LogP contribution in [0.4, 0.5) is 5.69 Å². The van der Waals surface area contributed by atoms with Crippen LogP contribution in [0.5, 0.6) is 0 Å². The van der Waals surface area contributed by atoms with Gasteiger partial charge in [-0.15, -0.1) is 0 Å². The molecular weight excluding hydrogens is 336 g/mol. The molecule has 0 aliphatic heterocycles. The topological polar surface area (TPSA) is 101 Å². The molecule has 5 N–H and O–H groups in total. The number of nitrogens with one attached hydrogen (secondary N) is 1. The molecule has 0 atom stereocenters.